The summed E-state index contributed by atoms with van der Waals surface area (Å²) in [6.45, 7) is 3.46. The molecule has 5 rings (SSSR count). The molecule has 0 saturated heterocycles. The van der Waals surface area contributed by atoms with Gasteiger partial charge in [-0.1, -0.05) is 12.1 Å². The summed E-state index contributed by atoms with van der Waals surface area (Å²) in [7, 11) is -4.62. The lowest BCUT2D eigenvalue weighted by Gasteiger charge is -2.12. The van der Waals surface area contributed by atoms with Crippen molar-refractivity contribution in [2.24, 2.45) is 0 Å². The van der Waals surface area contributed by atoms with Crippen molar-refractivity contribution < 1.29 is 13.0 Å². The van der Waals surface area contributed by atoms with E-state index in [0.29, 0.717) is 44.0 Å². The number of H-pyrrole nitrogens is 2. The van der Waals surface area contributed by atoms with Gasteiger partial charge in [-0.15, -0.1) is 0 Å². The van der Waals surface area contributed by atoms with E-state index >= 15 is 0 Å². The minimum absolute atomic E-state index is 0.101. The van der Waals surface area contributed by atoms with Crippen LogP contribution in [-0.4, -0.2) is 22.9 Å². The van der Waals surface area contributed by atoms with Gasteiger partial charge in [0.2, 0.25) is 0 Å². The van der Waals surface area contributed by atoms with Crippen molar-refractivity contribution in [3.63, 3.8) is 0 Å². The zero-order valence-corrected chi connectivity index (χ0v) is 16.8. The van der Waals surface area contributed by atoms with E-state index in [9.17, 15) is 22.6 Å². The molecule has 0 saturated carbocycles. The highest BCUT2D eigenvalue weighted by molar-refractivity contribution is 7.86. The fourth-order valence-corrected chi connectivity index (χ4v) is 4.78. The van der Waals surface area contributed by atoms with Gasteiger partial charge in [-0.25, -0.2) is 0 Å². The number of hydrogen-bond acceptors (Lipinski definition) is 4. The molecule has 0 unspecified atom stereocenters. The third-order valence-corrected chi connectivity index (χ3v) is 6.54. The maximum atomic E-state index is 13.3. The molecule has 0 radical (unpaired) electrons. The van der Waals surface area contributed by atoms with Crippen LogP contribution in [0.25, 0.3) is 43.6 Å². The first kappa shape index (κ1) is 18.5. The van der Waals surface area contributed by atoms with Crippen LogP contribution in [0.2, 0.25) is 0 Å². The second-order valence-electron chi connectivity index (χ2n) is 7.44. The molecular weight excluding hydrogens is 404 g/mol. The number of fused-ring (bicyclic) bond motifs is 4. The average molecular weight is 420 g/mol. The van der Waals surface area contributed by atoms with Gasteiger partial charge in [0.1, 0.15) is 4.90 Å². The van der Waals surface area contributed by atoms with Gasteiger partial charge >= 0.3 is 0 Å². The van der Waals surface area contributed by atoms with Gasteiger partial charge in [-0.3, -0.25) is 14.1 Å². The molecule has 2 aromatic heterocycles. The van der Waals surface area contributed by atoms with Crippen LogP contribution in [0.3, 0.4) is 0 Å². The van der Waals surface area contributed by atoms with E-state index in [0.717, 1.165) is 0 Å². The van der Waals surface area contributed by atoms with E-state index < -0.39 is 20.4 Å². The Hall–Kier alpha value is -3.49. The summed E-state index contributed by atoms with van der Waals surface area (Å²) in [4.78, 5) is 32.1. The highest BCUT2D eigenvalue weighted by Crippen LogP contribution is 2.28. The Kier molecular flexibility index (Phi) is 3.71. The smallest absolute Gasteiger partial charge is 0.295 e. The van der Waals surface area contributed by atoms with Crippen molar-refractivity contribution in [3.05, 3.63) is 74.0 Å². The van der Waals surface area contributed by atoms with Crippen LogP contribution in [0.4, 0.5) is 0 Å². The number of benzene rings is 3. The highest BCUT2D eigenvalue weighted by Gasteiger charge is 2.21. The lowest BCUT2D eigenvalue weighted by atomic mass is 10.0. The highest BCUT2D eigenvalue weighted by atomic mass is 32.2. The van der Waals surface area contributed by atoms with Crippen LogP contribution in [0.15, 0.2) is 56.9 Å². The predicted molar refractivity (Wildman–Crippen MR) is 117 cm³/mol. The lowest BCUT2D eigenvalue weighted by molar-refractivity contribution is 0.484. The van der Waals surface area contributed by atoms with Crippen molar-refractivity contribution in [1.29, 1.82) is 0 Å². The molecule has 3 aromatic carbocycles. The normalized spacial score (nSPS) is 12.4. The van der Waals surface area contributed by atoms with E-state index in [4.69, 9.17) is 0 Å². The molecule has 0 aliphatic rings. The SMILES string of the molecule is Cc1cc(S(=O)(=O)O)c2c(=O)c3cc4[nH]c5ccccc5c(=O)c4cc3[nH]c2c1C. The zero-order chi connectivity index (χ0) is 21.4. The molecule has 8 heteroatoms. The molecule has 30 heavy (non-hydrogen) atoms. The molecule has 150 valence electrons. The van der Waals surface area contributed by atoms with Gasteiger partial charge in [-0.05, 0) is 55.3 Å². The number of aryl methyl sites for hydroxylation is 2. The first-order valence-electron chi connectivity index (χ1n) is 9.19. The molecule has 0 spiro atoms. The van der Waals surface area contributed by atoms with Gasteiger partial charge in [-0.2, -0.15) is 8.42 Å². The van der Waals surface area contributed by atoms with Crippen molar-refractivity contribution in [2.75, 3.05) is 0 Å². The number of hydrogen-bond donors (Lipinski definition) is 3. The minimum atomic E-state index is -4.62. The number of aromatic amines is 2. The minimum Gasteiger partial charge on any atom is -0.354 e. The summed E-state index contributed by atoms with van der Waals surface area (Å²) < 4.78 is 33.6. The molecule has 0 aliphatic heterocycles. The van der Waals surface area contributed by atoms with Gasteiger partial charge in [0.15, 0.2) is 10.9 Å². The van der Waals surface area contributed by atoms with Crippen LogP contribution < -0.4 is 10.9 Å². The quantitative estimate of drug-likeness (QED) is 0.283. The van der Waals surface area contributed by atoms with Crippen LogP contribution >= 0.6 is 0 Å². The molecule has 0 atom stereocenters. The Labute approximate surface area is 169 Å². The number of nitrogens with one attached hydrogen (secondary N) is 2. The van der Waals surface area contributed by atoms with Crippen molar-refractivity contribution in [3.8, 4) is 0 Å². The topological polar surface area (TPSA) is 120 Å². The average Bonchev–Trinajstić information content (AvgIpc) is 2.70. The summed E-state index contributed by atoms with van der Waals surface area (Å²) in [5, 5.41) is 1.06. The zero-order valence-electron chi connectivity index (χ0n) is 16.0. The largest absolute Gasteiger partial charge is 0.354 e. The second kappa shape index (κ2) is 6.01. The Morgan fingerprint density at radius 3 is 2.13 bits per heavy atom. The summed E-state index contributed by atoms with van der Waals surface area (Å²) >= 11 is 0. The molecule has 3 N–H and O–H groups in total. The number of pyridine rings is 2. The second-order valence-corrected chi connectivity index (χ2v) is 8.83. The maximum absolute atomic E-state index is 13.3. The summed E-state index contributed by atoms with van der Waals surface area (Å²) in [6, 6.07) is 11.5. The van der Waals surface area contributed by atoms with Crippen LogP contribution in [-0.2, 0) is 10.1 Å². The van der Waals surface area contributed by atoms with E-state index in [2.05, 4.69) is 9.97 Å². The number of aromatic nitrogens is 2. The molecular formula is C22H16N2O5S. The van der Waals surface area contributed by atoms with E-state index in [-0.39, 0.29) is 16.2 Å². The van der Waals surface area contributed by atoms with Gasteiger partial charge in [0.05, 0.1) is 21.9 Å². The first-order chi connectivity index (χ1) is 14.2. The fraction of sp³-hybridized carbons (Fsp3) is 0.0909. The van der Waals surface area contributed by atoms with E-state index in [1.807, 2.05) is 0 Å². The summed E-state index contributed by atoms with van der Waals surface area (Å²) in [6.07, 6.45) is 0. The molecule has 5 aromatic rings. The van der Waals surface area contributed by atoms with Crippen molar-refractivity contribution in [1.82, 2.24) is 9.97 Å². The third-order valence-electron chi connectivity index (χ3n) is 5.66. The monoisotopic (exact) mass is 420 g/mol. The summed E-state index contributed by atoms with van der Waals surface area (Å²) in [5.74, 6) is 0. The lowest BCUT2D eigenvalue weighted by Crippen LogP contribution is -2.13. The van der Waals surface area contributed by atoms with Crippen LogP contribution in [0.1, 0.15) is 11.1 Å². The third kappa shape index (κ3) is 2.51. The standard InChI is InChI=1S/C22H16N2O5S/c1-10-7-18(30(27,28)29)19-20(11(10)2)24-17-8-13-16(9-14(17)22(19)26)23-15-6-4-3-5-12(15)21(13)25/h3-9H,1-2H3,(H,23,25)(H,24,26)(H,27,28,29). The first-order valence-corrected chi connectivity index (χ1v) is 10.6. The molecule has 2 heterocycles. The van der Waals surface area contributed by atoms with Crippen LogP contribution in [0.5, 0.6) is 0 Å². The molecule has 0 fully saturated rings. The van der Waals surface area contributed by atoms with Crippen LogP contribution in [0, 0.1) is 13.8 Å². The van der Waals surface area contributed by atoms with Gasteiger partial charge in [0, 0.05) is 21.7 Å². The molecule has 0 bridgehead atoms. The Bertz CT molecular complexity index is 1780. The van der Waals surface area contributed by atoms with E-state index in [1.165, 1.54) is 6.07 Å². The Morgan fingerprint density at radius 2 is 1.43 bits per heavy atom. The fourth-order valence-electron chi connectivity index (χ4n) is 4.00. The molecule has 0 amide bonds. The molecule has 0 aliphatic carbocycles. The van der Waals surface area contributed by atoms with E-state index in [1.54, 1.807) is 50.2 Å². The number of rotatable bonds is 1. The van der Waals surface area contributed by atoms with Gasteiger partial charge < -0.3 is 9.97 Å². The predicted octanol–water partition coefficient (Wildman–Crippen LogP) is 3.54. The van der Waals surface area contributed by atoms with Crippen molar-refractivity contribution in [2.45, 2.75) is 18.7 Å². The van der Waals surface area contributed by atoms with Crippen molar-refractivity contribution >= 4 is 53.7 Å². The maximum Gasteiger partial charge on any atom is 0.295 e. The Morgan fingerprint density at radius 1 is 0.800 bits per heavy atom. The molecule has 7 nitrogen and oxygen atoms in total. The summed E-state index contributed by atoms with van der Waals surface area (Å²) in [5.41, 5.74) is 2.42. The Balaban J connectivity index is 2.05. The number of para-hydroxylation sites is 1. The van der Waals surface area contributed by atoms with Gasteiger partial charge in [0.25, 0.3) is 10.1 Å².